The minimum Gasteiger partial charge on any atom is -0.350 e. The number of fused-ring (bicyclic) bond motifs is 1. The molecule has 6 heteroatoms. The number of piperidine rings is 1. The molecule has 28 heavy (non-hydrogen) atoms. The van der Waals surface area contributed by atoms with Crippen LogP contribution in [-0.4, -0.2) is 73.2 Å². The fourth-order valence-electron chi connectivity index (χ4n) is 6.06. The smallest absolute Gasteiger partial charge is 0.197 e. The summed E-state index contributed by atoms with van der Waals surface area (Å²) >= 11 is 0. The molecule has 0 aromatic carbocycles. The lowest BCUT2D eigenvalue weighted by Gasteiger charge is -2.41. The van der Waals surface area contributed by atoms with Gasteiger partial charge in [0.25, 0.3) is 0 Å². The zero-order chi connectivity index (χ0) is 18.9. The number of alkyl halides is 1. The van der Waals surface area contributed by atoms with Gasteiger partial charge in [-0.3, -0.25) is 0 Å². The van der Waals surface area contributed by atoms with Crippen LogP contribution in [0.5, 0.6) is 0 Å². The standard InChI is InChI=1S/C22H36FN3O2/c23-18-7-5-16(6-8-18)15-26-20-4-2-1-3-19(20)24-22(26)25-11-9-17(10-12-25)21-27-13-14-28-21/h16-21H,1-15H2. The number of halogens is 1. The van der Waals surface area contributed by atoms with Crippen molar-refractivity contribution in [1.82, 2.24) is 9.80 Å². The predicted molar refractivity (Wildman–Crippen MR) is 107 cm³/mol. The van der Waals surface area contributed by atoms with Crippen LogP contribution in [-0.2, 0) is 9.47 Å². The zero-order valence-corrected chi connectivity index (χ0v) is 17.1. The Morgan fingerprint density at radius 3 is 2.36 bits per heavy atom. The first-order valence-corrected chi connectivity index (χ1v) is 11.7. The second-order valence-corrected chi connectivity index (χ2v) is 9.55. The summed E-state index contributed by atoms with van der Waals surface area (Å²) in [5, 5.41) is 0. The van der Waals surface area contributed by atoms with E-state index in [2.05, 4.69) is 9.80 Å². The molecule has 2 saturated carbocycles. The molecule has 3 aliphatic heterocycles. The van der Waals surface area contributed by atoms with Gasteiger partial charge in [-0.2, -0.15) is 0 Å². The van der Waals surface area contributed by atoms with Crippen molar-refractivity contribution in [2.45, 2.75) is 88.8 Å². The SMILES string of the molecule is FC1CCC(CN2C(N3CCC(C4OCCO4)CC3)=NC3CCCCC32)CC1. The molecule has 2 unspecified atom stereocenters. The fraction of sp³-hybridized carbons (Fsp3) is 0.955. The Hall–Kier alpha value is -0.880. The third-order valence-corrected chi connectivity index (χ3v) is 7.72. The van der Waals surface area contributed by atoms with E-state index in [0.29, 0.717) is 23.9 Å². The molecule has 0 bridgehead atoms. The molecule has 158 valence electrons. The van der Waals surface area contributed by atoms with Gasteiger partial charge in [0.2, 0.25) is 0 Å². The summed E-state index contributed by atoms with van der Waals surface area (Å²) in [5.41, 5.74) is 0. The van der Waals surface area contributed by atoms with Crippen LogP contribution in [0.3, 0.4) is 0 Å². The Morgan fingerprint density at radius 2 is 1.61 bits per heavy atom. The van der Waals surface area contributed by atoms with Crippen molar-refractivity contribution < 1.29 is 13.9 Å². The van der Waals surface area contributed by atoms with Crippen molar-refractivity contribution in [2.75, 3.05) is 32.8 Å². The Bertz CT molecular complexity index is 552. The number of hydrogen-bond acceptors (Lipinski definition) is 5. The van der Waals surface area contributed by atoms with Gasteiger partial charge in [-0.15, -0.1) is 0 Å². The van der Waals surface area contributed by atoms with E-state index in [1.807, 2.05) is 0 Å². The van der Waals surface area contributed by atoms with E-state index in [4.69, 9.17) is 14.5 Å². The molecule has 0 radical (unpaired) electrons. The molecular formula is C22H36FN3O2. The van der Waals surface area contributed by atoms with E-state index in [9.17, 15) is 4.39 Å². The number of guanidine groups is 1. The summed E-state index contributed by atoms with van der Waals surface area (Å²) in [6, 6.07) is 1.08. The Morgan fingerprint density at radius 1 is 0.893 bits per heavy atom. The highest BCUT2D eigenvalue weighted by Crippen LogP contribution is 2.36. The highest BCUT2D eigenvalue weighted by atomic mass is 19.1. The molecular weight excluding hydrogens is 357 g/mol. The summed E-state index contributed by atoms with van der Waals surface area (Å²) in [6.45, 7) is 4.69. The maximum atomic E-state index is 13.6. The molecule has 4 fully saturated rings. The molecule has 5 rings (SSSR count). The number of nitrogens with zero attached hydrogens (tertiary/aromatic N) is 3. The van der Waals surface area contributed by atoms with E-state index in [1.54, 1.807) is 0 Å². The number of rotatable bonds is 3. The zero-order valence-electron chi connectivity index (χ0n) is 17.1. The van der Waals surface area contributed by atoms with E-state index < -0.39 is 6.17 Å². The first-order valence-electron chi connectivity index (χ1n) is 11.7. The molecule has 0 amide bonds. The molecule has 2 saturated heterocycles. The molecule has 2 aliphatic carbocycles. The van der Waals surface area contributed by atoms with Gasteiger partial charge in [-0.1, -0.05) is 12.8 Å². The summed E-state index contributed by atoms with van der Waals surface area (Å²) in [7, 11) is 0. The van der Waals surface area contributed by atoms with Gasteiger partial charge in [0.05, 0.1) is 25.3 Å². The lowest BCUT2D eigenvalue weighted by molar-refractivity contribution is -0.0947. The van der Waals surface area contributed by atoms with Crippen LogP contribution in [0.1, 0.15) is 64.2 Å². The van der Waals surface area contributed by atoms with Crippen LogP contribution in [0.25, 0.3) is 0 Å². The Kier molecular flexibility index (Phi) is 5.78. The Balaban J connectivity index is 1.24. The second kappa shape index (κ2) is 8.47. The average molecular weight is 394 g/mol. The molecule has 0 spiro atoms. The number of ether oxygens (including phenoxy) is 2. The summed E-state index contributed by atoms with van der Waals surface area (Å²) < 4.78 is 25.1. The number of hydrogen-bond donors (Lipinski definition) is 0. The summed E-state index contributed by atoms with van der Waals surface area (Å²) in [4.78, 5) is 10.4. The quantitative estimate of drug-likeness (QED) is 0.734. The van der Waals surface area contributed by atoms with Crippen LogP contribution in [0.15, 0.2) is 4.99 Å². The van der Waals surface area contributed by atoms with Crippen LogP contribution in [0, 0.1) is 11.8 Å². The second-order valence-electron chi connectivity index (χ2n) is 9.55. The van der Waals surface area contributed by atoms with E-state index in [1.165, 1.54) is 31.6 Å². The first-order chi connectivity index (χ1) is 13.8. The van der Waals surface area contributed by atoms with Crippen molar-refractivity contribution in [3.8, 4) is 0 Å². The summed E-state index contributed by atoms with van der Waals surface area (Å²) in [5.74, 6) is 2.41. The van der Waals surface area contributed by atoms with Crippen molar-refractivity contribution in [1.29, 1.82) is 0 Å². The summed E-state index contributed by atoms with van der Waals surface area (Å²) in [6.07, 6.45) is 10.5. The average Bonchev–Trinajstić information content (AvgIpc) is 3.39. The topological polar surface area (TPSA) is 37.3 Å². The molecule has 0 N–H and O–H groups in total. The van der Waals surface area contributed by atoms with E-state index >= 15 is 0 Å². The van der Waals surface area contributed by atoms with Crippen LogP contribution >= 0.6 is 0 Å². The molecule has 5 aliphatic rings. The normalized spacial score (nSPS) is 38.0. The van der Waals surface area contributed by atoms with Gasteiger partial charge in [0.1, 0.15) is 6.17 Å². The molecule has 0 aromatic heterocycles. The van der Waals surface area contributed by atoms with Crippen molar-refractivity contribution >= 4 is 5.96 Å². The molecule has 3 heterocycles. The number of aliphatic imine (C=N–C) groups is 1. The number of likely N-dealkylation sites (tertiary alicyclic amines) is 1. The van der Waals surface area contributed by atoms with Gasteiger partial charge in [-0.25, -0.2) is 9.38 Å². The van der Waals surface area contributed by atoms with Crippen LogP contribution < -0.4 is 0 Å². The first kappa shape index (κ1) is 19.1. The lowest BCUT2D eigenvalue weighted by Crippen LogP contribution is -2.52. The fourth-order valence-corrected chi connectivity index (χ4v) is 6.06. The molecule has 5 nitrogen and oxygen atoms in total. The molecule has 2 atom stereocenters. The maximum absolute atomic E-state index is 13.6. The van der Waals surface area contributed by atoms with Crippen molar-refractivity contribution in [3.05, 3.63) is 0 Å². The third-order valence-electron chi connectivity index (χ3n) is 7.72. The van der Waals surface area contributed by atoms with Crippen molar-refractivity contribution in [3.63, 3.8) is 0 Å². The predicted octanol–water partition coefficient (Wildman–Crippen LogP) is 3.58. The highest BCUT2D eigenvalue weighted by Gasteiger charge is 2.42. The van der Waals surface area contributed by atoms with Gasteiger partial charge in [0.15, 0.2) is 12.2 Å². The van der Waals surface area contributed by atoms with Crippen molar-refractivity contribution in [2.24, 2.45) is 16.8 Å². The van der Waals surface area contributed by atoms with Gasteiger partial charge in [0, 0.05) is 25.6 Å². The minimum atomic E-state index is -0.565. The van der Waals surface area contributed by atoms with E-state index in [0.717, 1.165) is 71.4 Å². The van der Waals surface area contributed by atoms with Gasteiger partial charge in [-0.05, 0) is 57.3 Å². The van der Waals surface area contributed by atoms with Crippen LogP contribution in [0.4, 0.5) is 4.39 Å². The monoisotopic (exact) mass is 393 g/mol. The van der Waals surface area contributed by atoms with Gasteiger partial charge >= 0.3 is 0 Å². The third kappa shape index (κ3) is 3.91. The minimum absolute atomic E-state index is 0.0160. The maximum Gasteiger partial charge on any atom is 0.197 e. The van der Waals surface area contributed by atoms with E-state index in [-0.39, 0.29) is 6.29 Å². The van der Waals surface area contributed by atoms with Gasteiger partial charge < -0.3 is 19.3 Å². The highest BCUT2D eigenvalue weighted by molar-refractivity contribution is 5.83. The molecule has 0 aromatic rings. The largest absolute Gasteiger partial charge is 0.350 e. The lowest BCUT2D eigenvalue weighted by atomic mass is 9.86. The Labute approximate surface area is 168 Å². The van der Waals surface area contributed by atoms with Crippen LogP contribution in [0.2, 0.25) is 0 Å².